The summed E-state index contributed by atoms with van der Waals surface area (Å²) in [7, 11) is 0. The summed E-state index contributed by atoms with van der Waals surface area (Å²) in [5, 5.41) is 0. The second kappa shape index (κ2) is 6.76. The molecule has 0 unspecified atom stereocenters. The van der Waals surface area contributed by atoms with Gasteiger partial charge in [0.2, 0.25) is 0 Å². The molecular formula is C20H23N3O2. The number of hydrogen-bond donors (Lipinski definition) is 1. The normalized spacial score (nSPS) is 14.9. The minimum Gasteiger partial charge on any atom is -0.492 e. The first-order valence-corrected chi connectivity index (χ1v) is 8.81. The third-order valence-electron chi connectivity index (χ3n) is 4.52. The maximum Gasteiger partial charge on any atom is 0.142 e. The molecule has 1 saturated heterocycles. The monoisotopic (exact) mass is 337 g/mol. The fourth-order valence-electron chi connectivity index (χ4n) is 3.25. The van der Waals surface area contributed by atoms with Crippen LogP contribution in [0.2, 0.25) is 0 Å². The van der Waals surface area contributed by atoms with Crippen LogP contribution in [0.1, 0.15) is 12.5 Å². The lowest BCUT2D eigenvalue weighted by Gasteiger charge is -2.30. The lowest BCUT2D eigenvalue weighted by Crippen LogP contribution is -2.36. The Morgan fingerprint density at radius 3 is 2.80 bits per heavy atom. The maximum absolute atomic E-state index is 5.84. The average molecular weight is 337 g/mol. The van der Waals surface area contributed by atoms with Crippen molar-refractivity contribution in [1.82, 2.24) is 9.97 Å². The van der Waals surface area contributed by atoms with Crippen molar-refractivity contribution in [2.24, 2.45) is 0 Å². The van der Waals surface area contributed by atoms with E-state index < -0.39 is 0 Å². The lowest BCUT2D eigenvalue weighted by atomic mass is 10.1. The summed E-state index contributed by atoms with van der Waals surface area (Å²) in [6, 6.07) is 12.6. The van der Waals surface area contributed by atoms with Gasteiger partial charge in [0.05, 0.1) is 36.5 Å². The molecule has 0 saturated carbocycles. The van der Waals surface area contributed by atoms with E-state index in [9.17, 15) is 0 Å². The molecule has 1 fully saturated rings. The molecule has 1 N–H and O–H groups in total. The van der Waals surface area contributed by atoms with E-state index in [2.05, 4.69) is 47.1 Å². The summed E-state index contributed by atoms with van der Waals surface area (Å²) >= 11 is 0. The number of morpholine rings is 1. The predicted octanol–water partition coefficient (Wildman–Crippen LogP) is 3.77. The van der Waals surface area contributed by atoms with Crippen LogP contribution in [0.4, 0.5) is 5.69 Å². The fraction of sp³-hybridized carbons (Fsp3) is 0.350. The van der Waals surface area contributed by atoms with E-state index in [1.165, 1.54) is 5.56 Å². The van der Waals surface area contributed by atoms with Crippen LogP contribution < -0.4 is 9.64 Å². The van der Waals surface area contributed by atoms with Crippen LogP contribution in [0.5, 0.6) is 5.75 Å². The number of ether oxygens (including phenoxy) is 2. The highest BCUT2D eigenvalue weighted by atomic mass is 16.5. The summed E-state index contributed by atoms with van der Waals surface area (Å²) in [4.78, 5) is 10.5. The Balaban J connectivity index is 1.75. The third-order valence-corrected chi connectivity index (χ3v) is 4.52. The van der Waals surface area contributed by atoms with Gasteiger partial charge in [-0.1, -0.05) is 6.07 Å². The number of imidazole rings is 1. The Bertz CT molecular complexity index is 882. The van der Waals surface area contributed by atoms with Gasteiger partial charge in [-0.3, -0.25) is 0 Å². The molecule has 130 valence electrons. The SMILES string of the molecule is CCOc1ccc(-c2nc3ccc(C)cc3[nH]2)cc1N1CCOCC1. The van der Waals surface area contributed by atoms with Gasteiger partial charge in [0, 0.05) is 18.7 Å². The zero-order valence-electron chi connectivity index (χ0n) is 14.7. The molecule has 2 heterocycles. The van der Waals surface area contributed by atoms with E-state index in [4.69, 9.17) is 14.5 Å². The van der Waals surface area contributed by atoms with Crippen LogP contribution in [0, 0.1) is 6.92 Å². The topological polar surface area (TPSA) is 50.4 Å². The minimum absolute atomic E-state index is 0.653. The number of aromatic nitrogens is 2. The number of aryl methyl sites for hydroxylation is 1. The minimum atomic E-state index is 0.653. The fourth-order valence-corrected chi connectivity index (χ4v) is 3.25. The Labute approximate surface area is 147 Å². The average Bonchev–Trinajstić information content (AvgIpc) is 3.06. The van der Waals surface area contributed by atoms with Crippen molar-refractivity contribution in [3.8, 4) is 17.1 Å². The first-order chi connectivity index (χ1) is 12.2. The highest BCUT2D eigenvalue weighted by molar-refractivity contribution is 5.81. The van der Waals surface area contributed by atoms with Crippen LogP contribution in [0.25, 0.3) is 22.4 Å². The summed E-state index contributed by atoms with van der Waals surface area (Å²) in [6.07, 6.45) is 0. The van der Waals surface area contributed by atoms with Crippen molar-refractivity contribution < 1.29 is 9.47 Å². The molecule has 25 heavy (non-hydrogen) atoms. The quantitative estimate of drug-likeness (QED) is 0.787. The molecular weight excluding hydrogens is 314 g/mol. The van der Waals surface area contributed by atoms with E-state index in [1.54, 1.807) is 0 Å². The molecule has 1 aromatic heterocycles. The van der Waals surface area contributed by atoms with Crippen molar-refractivity contribution in [3.63, 3.8) is 0 Å². The van der Waals surface area contributed by atoms with Crippen LogP contribution in [-0.2, 0) is 4.74 Å². The highest BCUT2D eigenvalue weighted by Gasteiger charge is 2.17. The number of fused-ring (bicyclic) bond motifs is 1. The zero-order valence-corrected chi connectivity index (χ0v) is 14.7. The van der Waals surface area contributed by atoms with Gasteiger partial charge in [-0.2, -0.15) is 0 Å². The Morgan fingerprint density at radius 2 is 2.00 bits per heavy atom. The second-order valence-corrected chi connectivity index (χ2v) is 6.32. The van der Waals surface area contributed by atoms with Crippen molar-refractivity contribution in [3.05, 3.63) is 42.0 Å². The Kier molecular flexibility index (Phi) is 4.32. The number of anilines is 1. The number of nitrogens with zero attached hydrogens (tertiary/aromatic N) is 2. The molecule has 2 aromatic carbocycles. The van der Waals surface area contributed by atoms with E-state index in [1.807, 2.05) is 13.0 Å². The molecule has 0 atom stereocenters. The summed E-state index contributed by atoms with van der Waals surface area (Å²) in [6.45, 7) is 8.01. The van der Waals surface area contributed by atoms with Gasteiger partial charge in [0.1, 0.15) is 11.6 Å². The molecule has 4 rings (SSSR count). The standard InChI is InChI=1S/C20H23N3O2/c1-3-25-19-7-5-15(13-18(19)23-8-10-24-11-9-23)20-21-16-6-4-14(2)12-17(16)22-20/h4-7,12-13H,3,8-11H2,1-2H3,(H,21,22). The van der Waals surface area contributed by atoms with Gasteiger partial charge >= 0.3 is 0 Å². The Hall–Kier alpha value is -2.53. The highest BCUT2D eigenvalue weighted by Crippen LogP contribution is 2.34. The molecule has 0 aliphatic carbocycles. The largest absolute Gasteiger partial charge is 0.492 e. The molecule has 5 heteroatoms. The van der Waals surface area contributed by atoms with Crippen LogP contribution in [0.15, 0.2) is 36.4 Å². The molecule has 0 radical (unpaired) electrons. The van der Waals surface area contributed by atoms with E-state index in [-0.39, 0.29) is 0 Å². The van der Waals surface area contributed by atoms with Gasteiger partial charge in [-0.05, 0) is 49.7 Å². The number of aromatic amines is 1. The summed E-state index contributed by atoms with van der Waals surface area (Å²) in [5.41, 5.74) is 5.46. The van der Waals surface area contributed by atoms with Gasteiger partial charge in [-0.25, -0.2) is 4.98 Å². The Morgan fingerprint density at radius 1 is 1.16 bits per heavy atom. The van der Waals surface area contributed by atoms with Crippen molar-refractivity contribution in [2.45, 2.75) is 13.8 Å². The first-order valence-electron chi connectivity index (χ1n) is 8.81. The van der Waals surface area contributed by atoms with Crippen LogP contribution in [0.3, 0.4) is 0 Å². The predicted molar refractivity (Wildman–Crippen MR) is 100 cm³/mol. The number of nitrogens with one attached hydrogen (secondary N) is 1. The summed E-state index contributed by atoms with van der Waals surface area (Å²) < 4.78 is 11.3. The number of benzene rings is 2. The van der Waals surface area contributed by atoms with E-state index in [0.29, 0.717) is 6.61 Å². The second-order valence-electron chi connectivity index (χ2n) is 6.32. The van der Waals surface area contributed by atoms with Crippen molar-refractivity contribution in [2.75, 3.05) is 37.8 Å². The molecule has 5 nitrogen and oxygen atoms in total. The molecule has 0 amide bonds. The van der Waals surface area contributed by atoms with E-state index >= 15 is 0 Å². The van der Waals surface area contributed by atoms with E-state index in [0.717, 1.165) is 60.2 Å². The molecule has 3 aromatic rings. The number of hydrogen-bond acceptors (Lipinski definition) is 4. The van der Waals surface area contributed by atoms with Gasteiger partial charge in [0.15, 0.2) is 0 Å². The van der Waals surface area contributed by atoms with Gasteiger partial charge in [0.25, 0.3) is 0 Å². The smallest absolute Gasteiger partial charge is 0.142 e. The van der Waals surface area contributed by atoms with Gasteiger partial charge in [-0.15, -0.1) is 0 Å². The van der Waals surface area contributed by atoms with Crippen molar-refractivity contribution >= 4 is 16.7 Å². The van der Waals surface area contributed by atoms with Crippen LogP contribution in [-0.4, -0.2) is 42.9 Å². The number of H-pyrrole nitrogens is 1. The molecule has 1 aliphatic heterocycles. The van der Waals surface area contributed by atoms with Crippen molar-refractivity contribution in [1.29, 1.82) is 0 Å². The lowest BCUT2D eigenvalue weighted by molar-refractivity contribution is 0.122. The zero-order chi connectivity index (χ0) is 17.2. The summed E-state index contributed by atoms with van der Waals surface area (Å²) in [5.74, 6) is 1.80. The van der Waals surface area contributed by atoms with Crippen LogP contribution >= 0.6 is 0 Å². The third kappa shape index (κ3) is 3.20. The van der Waals surface area contributed by atoms with Gasteiger partial charge < -0.3 is 19.4 Å². The maximum atomic E-state index is 5.84. The molecule has 0 spiro atoms. The molecule has 1 aliphatic rings. The first kappa shape index (κ1) is 16.0. The number of rotatable bonds is 4. The molecule has 0 bridgehead atoms.